The number of nitrogens with zero attached hydrogens (tertiary/aromatic N) is 1. The van der Waals surface area contributed by atoms with Crippen molar-refractivity contribution in [3.8, 4) is 0 Å². The van der Waals surface area contributed by atoms with Gasteiger partial charge in [0.25, 0.3) is 0 Å². The molecule has 1 atom stereocenters. The highest BCUT2D eigenvalue weighted by atomic mass is 79.9. The topological polar surface area (TPSA) is 45.1 Å². The van der Waals surface area contributed by atoms with E-state index >= 15 is 0 Å². The number of alkyl halides is 3. The van der Waals surface area contributed by atoms with Crippen LogP contribution in [0.3, 0.4) is 0 Å². The first kappa shape index (κ1) is 19.4. The second-order valence-corrected chi connectivity index (χ2v) is 7.42. The summed E-state index contributed by atoms with van der Waals surface area (Å²) in [6.45, 7) is -0.389. The lowest BCUT2D eigenvalue weighted by atomic mass is 9.76. The van der Waals surface area contributed by atoms with Crippen molar-refractivity contribution in [2.45, 2.75) is 31.0 Å². The molecule has 3 rings (SSSR count). The van der Waals surface area contributed by atoms with Gasteiger partial charge in [0.2, 0.25) is 0 Å². The average Bonchev–Trinajstić information content (AvgIpc) is 2.59. The quantitative estimate of drug-likeness (QED) is 0.621. The van der Waals surface area contributed by atoms with Crippen LogP contribution in [0.4, 0.5) is 23.4 Å². The number of hydrogen-bond donors (Lipinski definition) is 2. The maximum atomic E-state index is 14.4. The molecule has 0 amide bonds. The van der Waals surface area contributed by atoms with Crippen molar-refractivity contribution in [3.63, 3.8) is 0 Å². The molecule has 0 unspecified atom stereocenters. The van der Waals surface area contributed by atoms with E-state index in [0.717, 1.165) is 6.07 Å². The molecule has 0 saturated carbocycles. The lowest BCUT2D eigenvalue weighted by molar-refractivity contribution is -0.137. The number of hydrogen-bond acceptors (Lipinski definition) is 3. The molecule has 0 fully saturated rings. The summed E-state index contributed by atoms with van der Waals surface area (Å²) in [6.07, 6.45) is -2.34. The summed E-state index contributed by atoms with van der Waals surface area (Å²) in [4.78, 5) is 3.77. The van der Waals surface area contributed by atoms with Gasteiger partial charge < -0.3 is 10.4 Å². The highest BCUT2D eigenvalue weighted by molar-refractivity contribution is 9.10. The molecule has 1 aromatic carbocycles. The molecule has 26 heavy (non-hydrogen) atoms. The van der Waals surface area contributed by atoms with Crippen LogP contribution in [0.25, 0.3) is 0 Å². The Bertz CT molecular complexity index is 846. The molecule has 0 saturated heterocycles. The first-order chi connectivity index (χ1) is 12.2. The summed E-state index contributed by atoms with van der Waals surface area (Å²) >= 11 is 9.11. The summed E-state index contributed by atoms with van der Waals surface area (Å²) < 4.78 is 53.1. The van der Waals surface area contributed by atoms with Gasteiger partial charge in [-0.15, -0.1) is 0 Å². The van der Waals surface area contributed by atoms with Crippen molar-refractivity contribution in [3.05, 3.63) is 56.4 Å². The number of halogens is 6. The normalized spacial score (nSPS) is 20.0. The number of anilines is 1. The minimum atomic E-state index is -4.56. The first-order valence-electron chi connectivity index (χ1n) is 7.77. The molecule has 9 heteroatoms. The van der Waals surface area contributed by atoms with E-state index in [-0.39, 0.29) is 17.4 Å². The Morgan fingerprint density at radius 3 is 2.69 bits per heavy atom. The Hall–Kier alpha value is -1.38. The van der Waals surface area contributed by atoms with Crippen LogP contribution < -0.4 is 5.32 Å². The fraction of sp³-hybridized carbons (Fsp3) is 0.353. The molecule has 1 aliphatic rings. The fourth-order valence-electron chi connectivity index (χ4n) is 3.23. The van der Waals surface area contributed by atoms with Crippen LogP contribution in [0.15, 0.2) is 28.9 Å². The van der Waals surface area contributed by atoms with E-state index in [9.17, 15) is 22.7 Å². The van der Waals surface area contributed by atoms with E-state index in [4.69, 9.17) is 11.6 Å². The maximum absolute atomic E-state index is 14.4. The number of rotatable bonds is 3. The van der Waals surface area contributed by atoms with Crippen LogP contribution in [0.5, 0.6) is 0 Å². The highest BCUT2D eigenvalue weighted by Gasteiger charge is 2.39. The van der Waals surface area contributed by atoms with E-state index in [2.05, 4.69) is 26.2 Å². The SMILES string of the molecule is OC[C@]1(Nc2ncc(C(F)(F)F)cc2Cl)CCCc2c1ccc(Br)c2F. The summed E-state index contributed by atoms with van der Waals surface area (Å²) in [5.41, 5.74) is -1.05. The van der Waals surface area contributed by atoms with Gasteiger partial charge in [-0.2, -0.15) is 13.2 Å². The molecule has 0 aliphatic heterocycles. The zero-order chi connectivity index (χ0) is 19.1. The van der Waals surface area contributed by atoms with Crippen molar-refractivity contribution in [1.82, 2.24) is 4.98 Å². The van der Waals surface area contributed by atoms with E-state index in [1.807, 2.05) is 0 Å². The predicted octanol–water partition coefficient (Wildman–Crippen LogP) is 5.29. The molecular formula is C17H14BrClF4N2O. The van der Waals surface area contributed by atoms with Gasteiger partial charge in [-0.25, -0.2) is 9.37 Å². The number of fused-ring (bicyclic) bond motifs is 1. The van der Waals surface area contributed by atoms with Crippen LogP contribution in [0.2, 0.25) is 5.02 Å². The van der Waals surface area contributed by atoms with Crippen molar-refractivity contribution in [2.75, 3.05) is 11.9 Å². The van der Waals surface area contributed by atoms with Gasteiger partial charge in [0.05, 0.1) is 27.2 Å². The first-order valence-corrected chi connectivity index (χ1v) is 8.94. The van der Waals surface area contributed by atoms with E-state index < -0.39 is 23.1 Å². The maximum Gasteiger partial charge on any atom is 0.417 e. The predicted molar refractivity (Wildman–Crippen MR) is 93.7 cm³/mol. The Labute approximate surface area is 160 Å². The molecular weight excluding hydrogens is 440 g/mol. The van der Waals surface area contributed by atoms with Crippen LogP contribution >= 0.6 is 27.5 Å². The van der Waals surface area contributed by atoms with Crippen molar-refractivity contribution >= 4 is 33.3 Å². The third-order valence-corrected chi connectivity index (χ3v) is 5.44. The molecule has 0 spiro atoms. The van der Waals surface area contributed by atoms with Gasteiger partial charge in [-0.3, -0.25) is 0 Å². The Morgan fingerprint density at radius 1 is 1.35 bits per heavy atom. The summed E-state index contributed by atoms with van der Waals surface area (Å²) in [5.74, 6) is -0.404. The van der Waals surface area contributed by atoms with Crippen molar-refractivity contribution < 1.29 is 22.7 Å². The van der Waals surface area contributed by atoms with E-state index in [1.54, 1.807) is 6.07 Å². The van der Waals surface area contributed by atoms with Gasteiger partial charge in [0, 0.05) is 6.20 Å². The molecule has 2 aromatic rings. The van der Waals surface area contributed by atoms with Gasteiger partial charge in [-0.1, -0.05) is 17.7 Å². The zero-order valence-corrected chi connectivity index (χ0v) is 15.6. The number of nitrogens with one attached hydrogen (secondary N) is 1. The number of benzene rings is 1. The monoisotopic (exact) mass is 452 g/mol. The fourth-order valence-corrected chi connectivity index (χ4v) is 3.82. The second kappa shape index (κ2) is 6.98. The number of aliphatic hydroxyl groups excluding tert-OH is 1. The summed E-state index contributed by atoms with van der Waals surface area (Å²) in [7, 11) is 0. The zero-order valence-electron chi connectivity index (χ0n) is 13.3. The molecule has 1 heterocycles. The Balaban J connectivity index is 2.03. The van der Waals surface area contributed by atoms with Gasteiger partial charge in [0.15, 0.2) is 0 Å². The van der Waals surface area contributed by atoms with Gasteiger partial charge in [0.1, 0.15) is 11.6 Å². The van der Waals surface area contributed by atoms with E-state index in [1.165, 1.54) is 6.07 Å². The lowest BCUT2D eigenvalue weighted by Gasteiger charge is -2.39. The van der Waals surface area contributed by atoms with Gasteiger partial charge >= 0.3 is 6.18 Å². The molecule has 0 bridgehead atoms. The summed E-state index contributed by atoms with van der Waals surface area (Å²) in [6, 6.07) is 3.99. The largest absolute Gasteiger partial charge is 0.417 e. The van der Waals surface area contributed by atoms with Crippen molar-refractivity contribution in [1.29, 1.82) is 0 Å². The third kappa shape index (κ3) is 3.42. The Morgan fingerprint density at radius 2 is 2.08 bits per heavy atom. The lowest BCUT2D eigenvalue weighted by Crippen LogP contribution is -2.43. The molecule has 3 nitrogen and oxygen atoms in total. The minimum absolute atomic E-state index is 0.00453. The smallest absolute Gasteiger partial charge is 0.394 e. The third-order valence-electron chi connectivity index (χ3n) is 4.54. The molecule has 0 radical (unpaired) electrons. The van der Waals surface area contributed by atoms with Crippen LogP contribution in [-0.2, 0) is 18.1 Å². The number of aromatic nitrogens is 1. The minimum Gasteiger partial charge on any atom is -0.394 e. The molecule has 140 valence electrons. The molecule has 2 N–H and O–H groups in total. The molecule has 1 aromatic heterocycles. The number of pyridine rings is 1. The van der Waals surface area contributed by atoms with Crippen molar-refractivity contribution in [2.24, 2.45) is 0 Å². The van der Waals surface area contributed by atoms with E-state index in [0.29, 0.717) is 41.1 Å². The Kier molecular flexibility index (Phi) is 5.20. The highest BCUT2D eigenvalue weighted by Crippen LogP contribution is 2.41. The van der Waals surface area contributed by atoms with Crippen LogP contribution in [-0.4, -0.2) is 16.7 Å². The molecule has 1 aliphatic carbocycles. The average molecular weight is 454 g/mol. The van der Waals surface area contributed by atoms with Gasteiger partial charge in [-0.05, 0) is 58.5 Å². The van der Waals surface area contributed by atoms with Crippen LogP contribution in [0, 0.1) is 5.82 Å². The standard InChI is InChI=1S/C17H14BrClF4N2O/c18-12-4-3-11-10(14(12)20)2-1-5-16(11,8-26)25-15-13(19)6-9(7-24-15)17(21,22)23/h3-4,6-7,26H,1-2,5,8H2,(H,24,25)/t16-/m1/s1. The number of aliphatic hydroxyl groups is 1. The second-order valence-electron chi connectivity index (χ2n) is 6.16. The summed E-state index contributed by atoms with van der Waals surface area (Å²) in [5, 5.41) is 12.8. The van der Waals surface area contributed by atoms with Crippen LogP contribution in [0.1, 0.15) is 29.5 Å².